The number of para-hydroxylation sites is 2. The third kappa shape index (κ3) is 2.20. The molecule has 1 aromatic rings. The summed E-state index contributed by atoms with van der Waals surface area (Å²) in [6, 6.07) is 7.62. The maximum Gasteiger partial charge on any atom is 0.0576 e. The molecular formula is C9H13N3. The Hall–Kier alpha value is -1.64. The lowest BCUT2D eigenvalue weighted by molar-refractivity contribution is 1.32. The molecule has 1 rings (SSSR count). The molecular weight excluding hydrogens is 150 g/mol. The van der Waals surface area contributed by atoms with Gasteiger partial charge in [-0.05, 0) is 24.4 Å². The van der Waals surface area contributed by atoms with E-state index >= 15 is 0 Å². The molecule has 0 atom stereocenters. The van der Waals surface area contributed by atoms with Crippen molar-refractivity contribution in [3.05, 3.63) is 36.5 Å². The van der Waals surface area contributed by atoms with Crippen LogP contribution in [0.4, 0.5) is 11.4 Å². The quantitative estimate of drug-likeness (QED) is 0.586. The van der Waals surface area contributed by atoms with E-state index < -0.39 is 0 Å². The molecule has 0 spiro atoms. The Bertz CT molecular complexity index is 268. The van der Waals surface area contributed by atoms with Crippen molar-refractivity contribution in [2.45, 2.75) is 0 Å². The van der Waals surface area contributed by atoms with Gasteiger partial charge in [0.1, 0.15) is 0 Å². The Kier molecular flexibility index (Phi) is 3.02. The van der Waals surface area contributed by atoms with Crippen molar-refractivity contribution in [1.29, 1.82) is 0 Å². The number of hydrogen-bond donors (Lipinski definition) is 3. The van der Waals surface area contributed by atoms with Gasteiger partial charge < -0.3 is 16.8 Å². The van der Waals surface area contributed by atoms with Crippen LogP contribution in [0.2, 0.25) is 0 Å². The van der Waals surface area contributed by atoms with Crippen LogP contribution in [0.3, 0.4) is 0 Å². The van der Waals surface area contributed by atoms with E-state index in [1.807, 2.05) is 30.3 Å². The van der Waals surface area contributed by atoms with Crippen LogP contribution >= 0.6 is 0 Å². The molecule has 0 unspecified atom stereocenters. The van der Waals surface area contributed by atoms with Crippen LogP contribution in [-0.2, 0) is 0 Å². The topological polar surface area (TPSA) is 64.1 Å². The Labute approximate surface area is 72.1 Å². The van der Waals surface area contributed by atoms with Gasteiger partial charge in [0.2, 0.25) is 0 Å². The number of rotatable bonds is 3. The van der Waals surface area contributed by atoms with Gasteiger partial charge in [0, 0.05) is 6.54 Å². The van der Waals surface area contributed by atoms with Crippen LogP contribution in [0.5, 0.6) is 0 Å². The van der Waals surface area contributed by atoms with E-state index in [0.29, 0.717) is 6.54 Å². The van der Waals surface area contributed by atoms with Gasteiger partial charge in [0.05, 0.1) is 11.4 Å². The molecule has 12 heavy (non-hydrogen) atoms. The number of hydrogen-bond acceptors (Lipinski definition) is 3. The monoisotopic (exact) mass is 163 g/mol. The largest absolute Gasteiger partial charge is 0.405 e. The maximum absolute atomic E-state index is 5.68. The Morgan fingerprint density at radius 1 is 1.33 bits per heavy atom. The summed E-state index contributed by atoms with van der Waals surface area (Å²) in [5.41, 5.74) is 12.6. The first kappa shape index (κ1) is 8.46. The van der Waals surface area contributed by atoms with Crippen molar-refractivity contribution in [2.75, 3.05) is 17.6 Å². The van der Waals surface area contributed by atoms with Crippen molar-refractivity contribution in [3.8, 4) is 0 Å². The predicted octanol–water partition coefficient (Wildman–Crippen LogP) is 1.15. The third-order valence-electron chi connectivity index (χ3n) is 1.51. The van der Waals surface area contributed by atoms with Crippen LogP contribution in [-0.4, -0.2) is 6.54 Å². The van der Waals surface area contributed by atoms with Crippen LogP contribution in [0, 0.1) is 0 Å². The molecule has 0 fully saturated rings. The van der Waals surface area contributed by atoms with Gasteiger partial charge in [0.25, 0.3) is 0 Å². The summed E-state index contributed by atoms with van der Waals surface area (Å²) < 4.78 is 0. The number of nitrogens with two attached hydrogens (primary N) is 2. The van der Waals surface area contributed by atoms with E-state index in [4.69, 9.17) is 11.5 Å². The second kappa shape index (κ2) is 4.28. The molecule has 0 aliphatic rings. The fraction of sp³-hybridized carbons (Fsp3) is 0.111. The van der Waals surface area contributed by atoms with Crippen molar-refractivity contribution in [3.63, 3.8) is 0 Å². The lowest BCUT2D eigenvalue weighted by atomic mass is 10.3. The summed E-state index contributed by atoms with van der Waals surface area (Å²) >= 11 is 0. The van der Waals surface area contributed by atoms with Gasteiger partial charge in [-0.1, -0.05) is 12.1 Å². The molecule has 0 radical (unpaired) electrons. The van der Waals surface area contributed by atoms with Crippen molar-refractivity contribution in [1.82, 2.24) is 0 Å². The van der Waals surface area contributed by atoms with Crippen LogP contribution in [0.25, 0.3) is 0 Å². The highest BCUT2D eigenvalue weighted by Crippen LogP contribution is 2.15. The average Bonchev–Trinajstić information content (AvgIpc) is 2.09. The Morgan fingerprint density at radius 3 is 2.75 bits per heavy atom. The summed E-state index contributed by atoms with van der Waals surface area (Å²) in [6.45, 7) is 0.699. The van der Waals surface area contributed by atoms with Gasteiger partial charge in [-0.3, -0.25) is 0 Å². The molecule has 0 aromatic heterocycles. The summed E-state index contributed by atoms with van der Waals surface area (Å²) in [7, 11) is 0. The van der Waals surface area contributed by atoms with E-state index in [9.17, 15) is 0 Å². The smallest absolute Gasteiger partial charge is 0.0576 e. The van der Waals surface area contributed by atoms with E-state index in [-0.39, 0.29) is 0 Å². The van der Waals surface area contributed by atoms with Crippen molar-refractivity contribution < 1.29 is 0 Å². The summed E-state index contributed by atoms with van der Waals surface area (Å²) in [5, 5.41) is 3.12. The molecule has 0 bridgehead atoms. The highest BCUT2D eigenvalue weighted by atomic mass is 14.9. The lowest BCUT2D eigenvalue weighted by Crippen LogP contribution is -2.01. The molecule has 5 N–H and O–H groups in total. The first-order chi connectivity index (χ1) is 5.84. The van der Waals surface area contributed by atoms with Gasteiger partial charge in [-0.15, -0.1) is 0 Å². The average molecular weight is 163 g/mol. The number of nitrogen functional groups attached to an aromatic ring is 1. The standard InChI is InChI=1S/C9H13N3/c10-6-3-7-12-9-5-2-1-4-8(9)11/h1-6,12H,7,10-11H2. The second-order valence-corrected chi connectivity index (χ2v) is 2.40. The molecule has 0 amide bonds. The lowest BCUT2D eigenvalue weighted by Gasteiger charge is -2.05. The minimum Gasteiger partial charge on any atom is -0.405 e. The highest BCUT2D eigenvalue weighted by molar-refractivity contribution is 5.65. The predicted molar refractivity (Wildman–Crippen MR) is 52.7 cm³/mol. The van der Waals surface area contributed by atoms with E-state index in [1.54, 1.807) is 0 Å². The molecule has 0 aliphatic carbocycles. The van der Waals surface area contributed by atoms with Crippen LogP contribution < -0.4 is 16.8 Å². The molecule has 3 nitrogen and oxygen atoms in total. The highest BCUT2D eigenvalue weighted by Gasteiger charge is 1.92. The molecule has 0 heterocycles. The van der Waals surface area contributed by atoms with E-state index in [2.05, 4.69) is 5.32 Å². The minimum absolute atomic E-state index is 0.699. The summed E-state index contributed by atoms with van der Waals surface area (Å²) in [4.78, 5) is 0. The zero-order chi connectivity index (χ0) is 8.81. The number of nitrogens with one attached hydrogen (secondary N) is 1. The Balaban J connectivity index is 2.57. The summed E-state index contributed by atoms with van der Waals surface area (Å²) in [6.07, 6.45) is 3.33. The third-order valence-corrected chi connectivity index (χ3v) is 1.51. The molecule has 3 heteroatoms. The number of benzene rings is 1. The van der Waals surface area contributed by atoms with Crippen LogP contribution in [0.15, 0.2) is 36.5 Å². The van der Waals surface area contributed by atoms with E-state index in [0.717, 1.165) is 11.4 Å². The fourth-order valence-electron chi connectivity index (χ4n) is 0.895. The SMILES string of the molecule is NC=CCNc1ccccc1N. The first-order valence-corrected chi connectivity index (χ1v) is 3.79. The molecule has 0 saturated carbocycles. The van der Waals surface area contributed by atoms with Crippen molar-refractivity contribution in [2.24, 2.45) is 5.73 Å². The van der Waals surface area contributed by atoms with Gasteiger partial charge in [-0.2, -0.15) is 0 Å². The van der Waals surface area contributed by atoms with Gasteiger partial charge >= 0.3 is 0 Å². The second-order valence-electron chi connectivity index (χ2n) is 2.40. The molecule has 0 saturated heterocycles. The first-order valence-electron chi connectivity index (χ1n) is 3.79. The maximum atomic E-state index is 5.68. The van der Waals surface area contributed by atoms with E-state index in [1.165, 1.54) is 6.20 Å². The van der Waals surface area contributed by atoms with Gasteiger partial charge in [0.15, 0.2) is 0 Å². The van der Waals surface area contributed by atoms with Gasteiger partial charge in [-0.25, -0.2) is 0 Å². The Morgan fingerprint density at radius 2 is 2.08 bits per heavy atom. The minimum atomic E-state index is 0.699. The molecule has 1 aromatic carbocycles. The number of anilines is 2. The molecule has 0 aliphatic heterocycles. The summed E-state index contributed by atoms with van der Waals surface area (Å²) in [5.74, 6) is 0. The fourth-order valence-corrected chi connectivity index (χ4v) is 0.895. The zero-order valence-electron chi connectivity index (χ0n) is 6.83. The van der Waals surface area contributed by atoms with Crippen molar-refractivity contribution >= 4 is 11.4 Å². The molecule has 64 valence electrons. The normalized spacial score (nSPS) is 10.3. The van der Waals surface area contributed by atoms with Crippen LogP contribution in [0.1, 0.15) is 0 Å². The zero-order valence-corrected chi connectivity index (χ0v) is 6.83.